The number of hydrogen-bond acceptors (Lipinski definition) is 5. The van der Waals surface area contributed by atoms with Gasteiger partial charge in [-0.15, -0.1) is 0 Å². The van der Waals surface area contributed by atoms with Crippen molar-refractivity contribution in [3.05, 3.63) is 53.6 Å². The smallest absolute Gasteiger partial charge is 0.253 e. The summed E-state index contributed by atoms with van der Waals surface area (Å²) < 4.78 is 16.0. The van der Waals surface area contributed by atoms with Crippen molar-refractivity contribution in [3.63, 3.8) is 0 Å². The first-order chi connectivity index (χ1) is 13.7. The lowest BCUT2D eigenvalue weighted by Gasteiger charge is -2.18. The molecule has 0 spiro atoms. The summed E-state index contributed by atoms with van der Waals surface area (Å²) in [5.41, 5.74) is 1.90. The molecule has 0 saturated carbocycles. The number of anilines is 1. The monoisotopic (exact) mass is 384 g/mol. The molecule has 1 heterocycles. The van der Waals surface area contributed by atoms with Gasteiger partial charge < -0.3 is 24.8 Å². The molecule has 7 nitrogen and oxygen atoms in total. The molecule has 0 fully saturated rings. The fourth-order valence-corrected chi connectivity index (χ4v) is 2.87. The maximum absolute atomic E-state index is 12.4. The van der Waals surface area contributed by atoms with E-state index in [1.165, 1.54) is 0 Å². The largest absolute Gasteiger partial charge is 0.486 e. The van der Waals surface area contributed by atoms with Gasteiger partial charge in [0, 0.05) is 20.1 Å². The van der Waals surface area contributed by atoms with E-state index < -0.39 is 0 Å². The average molecular weight is 384 g/mol. The molecule has 2 aromatic carbocycles. The third kappa shape index (κ3) is 5.23. The molecule has 148 valence electrons. The molecule has 0 atom stereocenters. The average Bonchev–Trinajstić information content (AvgIpc) is 2.72. The lowest BCUT2D eigenvalue weighted by Crippen LogP contribution is -2.28. The molecule has 1 aliphatic heterocycles. The quantitative estimate of drug-likeness (QED) is 0.683. The van der Waals surface area contributed by atoms with Gasteiger partial charge in [0.1, 0.15) is 13.2 Å². The predicted molar refractivity (Wildman–Crippen MR) is 105 cm³/mol. The number of carbonyl (C=O) groups is 2. The van der Waals surface area contributed by atoms with E-state index >= 15 is 0 Å². The zero-order valence-corrected chi connectivity index (χ0v) is 15.8. The highest BCUT2D eigenvalue weighted by Crippen LogP contribution is 2.31. The molecule has 2 N–H and O–H groups in total. The van der Waals surface area contributed by atoms with E-state index in [1.54, 1.807) is 31.4 Å². The number of amides is 2. The summed E-state index contributed by atoms with van der Waals surface area (Å²) in [6.07, 6.45) is 0.851. The molecule has 0 unspecified atom stereocenters. The van der Waals surface area contributed by atoms with Crippen LogP contribution in [-0.4, -0.2) is 45.3 Å². The SMILES string of the molecule is COCCNC(=O)c1ccccc1NC(=O)CCc1ccc2c(c1)OCCO2. The lowest BCUT2D eigenvalue weighted by atomic mass is 10.1. The normalized spacial score (nSPS) is 12.3. The molecule has 3 rings (SSSR count). The number of hydrogen-bond donors (Lipinski definition) is 2. The third-order valence-corrected chi connectivity index (χ3v) is 4.28. The number of benzene rings is 2. The highest BCUT2D eigenvalue weighted by Gasteiger charge is 2.14. The second kappa shape index (κ2) is 9.75. The molecule has 0 radical (unpaired) electrons. The molecule has 28 heavy (non-hydrogen) atoms. The van der Waals surface area contributed by atoms with Gasteiger partial charge in [-0.1, -0.05) is 18.2 Å². The van der Waals surface area contributed by atoms with Crippen molar-refractivity contribution in [1.29, 1.82) is 0 Å². The Balaban J connectivity index is 1.57. The number of nitrogens with one attached hydrogen (secondary N) is 2. The molecular formula is C21H24N2O5. The zero-order chi connectivity index (χ0) is 19.8. The summed E-state index contributed by atoms with van der Waals surface area (Å²) in [5.74, 6) is 1.03. The minimum Gasteiger partial charge on any atom is -0.486 e. The Morgan fingerprint density at radius 3 is 2.68 bits per heavy atom. The van der Waals surface area contributed by atoms with Gasteiger partial charge in [-0.2, -0.15) is 0 Å². The van der Waals surface area contributed by atoms with E-state index in [9.17, 15) is 9.59 Å². The molecular weight excluding hydrogens is 360 g/mol. The highest BCUT2D eigenvalue weighted by molar-refractivity contribution is 6.03. The lowest BCUT2D eigenvalue weighted by molar-refractivity contribution is -0.116. The van der Waals surface area contributed by atoms with Crippen LogP contribution in [0.3, 0.4) is 0 Å². The van der Waals surface area contributed by atoms with Crippen molar-refractivity contribution in [1.82, 2.24) is 5.32 Å². The van der Waals surface area contributed by atoms with Crippen LogP contribution in [0.5, 0.6) is 11.5 Å². The number of fused-ring (bicyclic) bond motifs is 1. The molecule has 2 amide bonds. The van der Waals surface area contributed by atoms with E-state index in [1.807, 2.05) is 18.2 Å². The van der Waals surface area contributed by atoms with Crippen LogP contribution in [0.1, 0.15) is 22.3 Å². The van der Waals surface area contributed by atoms with Gasteiger partial charge >= 0.3 is 0 Å². The molecule has 7 heteroatoms. The van der Waals surface area contributed by atoms with Gasteiger partial charge in [0.15, 0.2) is 11.5 Å². The Morgan fingerprint density at radius 1 is 1.07 bits per heavy atom. The number of methoxy groups -OCH3 is 1. The summed E-state index contributed by atoms with van der Waals surface area (Å²) >= 11 is 0. The van der Waals surface area contributed by atoms with Crippen LogP contribution in [0.2, 0.25) is 0 Å². The number of carbonyl (C=O) groups excluding carboxylic acids is 2. The second-order valence-corrected chi connectivity index (χ2v) is 6.32. The first kappa shape index (κ1) is 19.7. The van der Waals surface area contributed by atoms with E-state index in [-0.39, 0.29) is 11.8 Å². The molecule has 0 bridgehead atoms. The summed E-state index contributed by atoms with van der Waals surface area (Å²) in [5, 5.41) is 5.59. The van der Waals surface area contributed by atoms with Crippen molar-refractivity contribution in [3.8, 4) is 11.5 Å². The van der Waals surface area contributed by atoms with Crippen LogP contribution in [0.25, 0.3) is 0 Å². The Morgan fingerprint density at radius 2 is 1.86 bits per heavy atom. The summed E-state index contributed by atoms with van der Waals surface area (Å²) in [7, 11) is 1.57. The fourth-order valence-electron chi connectivity index (χ4n) is 2.87. The van der Waals surface area contributed by atoms with Gasteiger partial charge in [0.25, 0.3) is 5.91 Å². The number of para-hydroxylation sites is 1. The number of rotatable bonds is 8. The maximum Gasteiger partial charge on any atom is 0.253 e. The minimum atomic E-state index is -0.250. The van der Waals surface area contributed by atoms with Crippen LogP contribution in [0, 0.1) is 0 Å². The van der Waals surface area contributed by atoms with Gasteiger partial charge in [-0.3, -0.25) is 9.59 Å². The maximum atomic E-state index is 12.4. The Kier molecular flexibility index (Phi) is 6.86. The molecule has 1 aliphatic rings. The van der Waals surface area contributed by atoms with Crippen LogP contribution in [0.15, 0.2) is 42.5 Å². The fraction of sp³-hybridized carbons (Fsp3) is 0.333. The van der Waals surface area contributed by atoms with Gasteiger partial charge in [-0.25, -0.2) is 0 Å². The molecule has 0 aliphatic carbocycles. The van der Waals surface area contributed by atoms with Crippen LogP contribution >= 0.6 is 0 Å². The topological polar surface area (TPSA) is 85.9 Å². The van der Waals surface area contributed by atoms with Crippen molar-refractivity contribution in [2.45, 2.75) is 12.8 Å². The number of ether oxygens (including phenoxy) is 3. The van der Waals surface area contributed by atoms with Crippen molar-refractivity contribution in [2.75, 3.05) is 38.8 Å². The van der Waals surface area contributed by atoms with Crippen LogP contribution in [0.4, 0.5) is 5.69 Å². The molecule has 2 aromatic rings. The zero-order valence-electron chi connectivity index (χ0n) is 15.8. The van der Waals surface area contributed by atoms with Crippen molar-refractivity contribution < 1.29 is 23.8 Å². The Bertz CT molecular complexity index is 837. The van der Waals surface area contributed by atoms with Gasteiger partial charge in [0.2, 0.25) is 5.91 Å². The van der Waals surface area contributed by atoms with Crippen LogP contribution < -0.4 is 20.1 Å². The number of aryl methyl sites for hydroxylation is 1. The summed E-state index contributed by atoms with van der Waals surface area (Å²) in [4.78, 5) is 24.7. The van der Waals surface area contributed by atoms with E-state index in [2.05, 4.69) is 10.6 Å². The van der Waals surface area contributed by atoms with E-state index in [0.717, 1.165) is 11.3 Å². The standard InChI is InChI=1S/C21H24N2O5/c1-26-11-10-22-21(25)16-4-2-3-5-17(16)23-20(24)9-7-15-6-8-18-19(14-15)28-13-12-27-18/h2-6,8,14H,7,9-13H2,1H3,(H,22,25)(H,23,24). The minimum absolute atomic E-state index is 0.160. The molecule has 0 saturated heterocycles. The summed E-state index contributed by atoms with van der Waals surface area (Å²) in [6.45, 7) is 1.91. The molecule has 0 aromatic heterocycles. The second-order valence-electron chi connectivity index (χ2n) is 6.32. The van der Waals surface area contributed by atoms with E-state index in [0.29, 0.717) is 56.2 Å². The van der Waals surface area contributed by atoms with E-state index in [4.69, 9.17) is 14.2 Å². The first-order valence-electron chi connectivity index (χ1n) is 9.22. The van der Waals surface area contributed by atoms with Crippen LogP contribution in [-0.2, 0) is 16.0 Å². The first-order valence-corrected chi connectivity index (χ1v) is 9.22. The van der Waals surface area contributed by atoms with Gasteiger partial charge in [-0.05, 0) is 36.2 Å². The Hall–Kier alpha value is -3.06. The van der Waals surface area contributed by atoms with Gasteiger partial charge in [0.05, 0.1) is 17.9 Å². The summed E-state index contributed by atoms with van der Waals surface area (Å²) in [6, 6.07) is 12.6. The van der Waals surface area contributed by atoms with Crippen molar-refractivity contribution >= 4 is 17.5 Å². The Labute approximate surface area is 164 Å². The third-order valence-electron chi connectivity index (χ3n) is 4.28. The predicted octanol–water partition coefficient (Wildman–Crippen LogP) is 2.41. The highest BCUT2D eigenvalue weighted by atomic mass is 16.6. The van der Waals surface area contributed by atoms with Crippen molar-refractivity contribution in [2.24, 2.45) is 0 Å².